The predicted octanol–water partition coefficient (Wildman–Crippen LogP) is 1.84. The Morgan fingerprint density at radius 1 is 1.30 bits per heavy atom. The fourth-order valence-corrected chi connectivity index (χ4v) is 3.38. The van der Waals surface area contributed by atoms with Crippen LogP contribution in [0.4, 0.5) is 0 Å². The molecule has 0 aliphatic carbocycles. The van der Waals surface area contributed by atoms with Crippen molar-refractivity contribution in [2.24, 2.45) is 5.92 Å². The third kappa shape index (κ3) is 4.61. The minimum Gasteiger partial charge on any atom is -0.478 e. The van der Waals surface area contributed by atoms with Gasteiger partial charge >= 0.3 is 5.97 Å². The molecule has 0 bridgehead atoms. The number of carboxylic acids is 1. The molecule has 0 amide bonds. The van der Waals surface area contributed by atoms with Gasteiger partial charge in [0.05, 0.1) is 11.3 Å². The van der Waals surface area contributed by atoms with Gasteiger partial charge in [0, 0.05) is 13.6 Å². The number of carboxylic acid groups (broad SMARTS) is 1. The molecule has 1 rings (SSSR count). The van der Waals surface area contributed by atoms with Crippen molar-refractivity contribution in [2.45, 2.75) is 20.3 Å². The Bertz CT molecular complexity index is 566. The van der Waals surface area contributed by atoms with Crippen molar-refractivity contribution in [3.63, 3.8) is 0 Å². The van der Waals surface area contributed by atoms with Crippen LogP contribution in [0.1, 0.15) is 29.8 Å². The Labute approximate surface area is 120 Å². The largest absolute Gasteiger partial charge is 0.478 e. The SMILES string of the molecule is CC(C)CS(=O)(=O)N(C)CCc1ccccc1C(=O)O. The maximum absolute atomic E-state index is 12.0. The molecule has 1 aromatic rings. The predicted molar refractivity (Wildman–Crippen MR) is 78.4 cm³/mol. The third-order valence-corrected chi connectivity index (χ3v) is 5.18. The molecular weight excluding hydrogens is 278 g/mol. The van der Waals surface area contributed by atoms with E-state index in [1.54, 1.807) is 18.2 Å². The van der Waals surface area contributed by atoms with Crippen LogP contribution >= 0.6 is 0 Å². The Balaban J connectivity index is 2.75. The zero-order chi connectivity index (χ0) is 15.3. The first-order valence-corrected chi connectivity index (χ1v) is 8.10. The van der Waals surface area contributed by atoms with E-state index in [9.17, 15) is 13.2 Å². The fourth-order valence-electron chi connectivity index (χ4n) is 1.91. The molecule has 1 aromatic carbocycles. The van der Waals surface area contributed by atoms with Crippen LogP contribution in [0.15, 0.2) is 24.3 Å². The number of hydrogen-bond donors (Lipinski definition) is 1. The van der Waals surface area contributed by atoms with Crippen LogP contribution in [0.25, 0.3) is 0 Å². The zero-order valence-electron chi connectivity index (χ0n) is 12.0. The lowest BCUT2D eigenvalue weighted by Crippen LogP contribution is -2.32. The molecule has 1 N–H and O–H groups in total. The number of sulfonamides is 1. The Kier molecular flexibility index (Phi) is 5.71. The number of nitrogens with zero attached hydrogens (tertiary/aromatic N) is 1. The molecule has 0 heterocycles. The van der Waals surface area contributed by atoms with Gasteiger partial charge < -0.3 is 5.11 Å². The fraction of sp³-hybridized carbons (Fsp3) is 0.500. The van der Waals surface area contributed by atoms with E-state index in [2.05, 4.69) is 0 Å². The summed E-state index contributed by atoms with van der Waals surface area (Å²) < 4.78 is 25.3. The minimum atomic E-state index is -3.28. The molecule has 20 heavy (non-hydrogen) atoms. The number of carbonyl (C=O) groups is 1. The van der Waals surface area contributed by atoms with Gasteiger partial charge in [-0.1, -0.05) is 32.0 Å². The van der Waals surface area contributed by atoms with Crippen LogP contribution in [-0.4, -0.2) is 43.1 Å². The van der Waals surface area contributed by atoms with Crippen molar-refractivity contribution >= 4 is 16.0 Å². The van der Waals surface area contributed by atoms with E-state index in [0.29, 0.717) is 12.0 Å². The van der Waals surface area contributed by atoms with Crippen molar-refractivity contribution in [3.05, 3.63) is 35.4 Å². The Morgan fingerprint density at radius 2 is 1.90 bits per heavy atom. The molecule has 0 fully saturated rings. The molecule has 6 heteroatoms. The standard InChI is InChI=1S/C14H21NO4S/c1-11(2)10-20(18,19)15(3)9-8-12-6-4-5-7-13(12)14(16)17/h4-7,11H,8-10H2,1-3H3,(H,16,17). The van der Waals surface area contributed by atoms with Crippen LogP contribution < -0.4 is 0 Å². The number of likely N-dealkylation sites (N-methyl/N-ethyl adjacent to an activating group) is 1. The summed E-state index contributed by atoms with van der Waals surface area (Å²) >= 11 is 0. The minimum absolute atomic E-state index is 0.0637. The highest BCUT2D eigenvalue weighted by Crippen LogP contribution is 2.12. The first-order valence-electron chi connectivity index (χ1n) is 6.49. The van der Waals surface area contributed by atoms with E-state index in [-0.39, 0.29) is 23.8 Å². The van der Waals surface area contributed by atoms with Gasteiger partial charge in [-0.2, -0.15) is 0 Å². The van der Waals surface area contributed by atoms with Gasteiger partial charge in [0.1, 0.15) is 0 Å². The van der Waals surface area contributed by atoms with Gasteiger partial charge in [-0.25, -0.2) is 17.5 Å². The quantitative estimate of drug-likeness (QED) is 0.833. The van der Waals surface area contributed by atoms with Gasteiger partial charge in [-0.3, -0.25) is 0 Å². The Morgan fingerprint density at radius 3 is 2.45 bits per heavy atom. The summed E-state index contributed by atoms with van der Waals surface area (Å²) in [6, 6.07) is 6.66. The van der Waals surface area contributed by atoms with Crippen molar-refractivity contribution < 1.29 is 18.3 Å². The number of aromatic carboxylic acids is 1. The highest BCUT2D eigenvalue weighted by atomic mass is 32.2. The summed E-state index contributed by atoms with van der Waals surface area (Å²) in [4.78, 5) is 11.1. The molecule has 0 saturated heterocycles. The van der Waals surface area contributed by atoms with Gasteiger partial charge in [0.15, 0.2) is 0 Å². The lowest BCUT2D eigenvalue weighted by molar-refractivity contribution is 0.0695. The van der Waals surface area contributed by atoms with Crippen LogP contribution in [0, 0.1) is 5.92 Å². The van der Waals surface area contributed by atoms with Crippen LogP contribution in [0.2, 0.25) is 0 Å². The van der Waals surface area contributed by atoms with E-state index in [4.69, 9.17) is 5.11 Å². The summed E-state index contributed by atoms with van der Waals surface area (Å²) in [5.74, 6) is -0.827. The summed E-state index contributed by atoms with van der Waals surface area (Å²) in [6.45, 7) is 3.98. The molecule has 0 atom stereocenters. The van der Waals surface area contributed by atoms with E-state index >= 15 is 0 Å². The summed E-state index contributed by atoms with van der Waals surface area (Å²) in [6.07, 6.45) is 0.385. The summed E-state index contributed by atoms with van der Waals surface area (Å²) in [5, 5.41) is 9.08. The number of rotatable bonds is 7. The third-order valence-electron chi connectivity index (χ3n) is 2.96. The molecule has 0 unspecified atom stereocenters. The molecule has 112 valence electrons. The smallest absolute Gasteiger partial charge is 0.335 e. The van der Waals surface area contributed by atoms with Crippen LogP contribution in [0.3, 0.4) is 0 Å². The van der Waals surface area contributed by atoms with Crippen LogP contribution in [-0.2, 0) is 16.4 Å². The monoisotopic (exact) mass is 299 g/mol. The van der Waals surface area contributed by atoms with Gasteiger partial charge in [0.2, 0.25) is 10.0 Å². The molecule has 0 spiro atoms. The molecule has 0 aliphatic rings. The second kappa shape index (κ2) is 6.85. The van der Waals surface area contributed by atoms with E-state index in [1.807, 2.05) is 13.8 Å². The average Bonchev–Trinajstić information content (AvgIpc) is 2.34. The summed E-state index contributed by atoms with van der Waals surface area (Å²) in [7, 11) is -1.75. The zero-order valence-corrected chi connectivity index (χ0v) is 12.9. The van der Waals surface area contributed by atoms with Crippen molar-refractivity contribution in [2.75, 3.05) is 19.3 Å². The molecular formula is C14H21NO4S. The first kappa shape index (κ1) is 16.7. The maximum Gasteiger partial charge on any atom is 0.335 e. The maximum atomic E-state index is 12.0. The second-order valence-corrected chi connectivity index (χ2v) is 7.33. The first-order chi connectivity index (χ1) is 9.24. The van der Waals surface area contributed by atoms with Crippen molar-refractivity contribution in [1.29, 1.82) is 0 Å². The highest BCUT2D eigenvalue weighted by Gasteiger charge is 2.19. The van der Waals surface area contributed by atoms with E-state index in [1.165, 1.54) is 17.4 Å². The number of hydrogen-bond acceptors (Lipinski definition) is 3. The summed E-state index contributed by atoms with van der Waals surface area (Å²) in [5.41, 5.74) is 0.869. The lowest BCUT2D eigenvalue weighted by Gasteiger charge is -2.18. The second-order valence-electron chi connectivity index (χ2n) is 5.21. The van der Waals surface area contributed by atoms with Crippen LogP contribution in [0.5, 0.6) is 0 Å². The highest BCUT2D eigenvalue weighted by molar-refractivity contribution is 7.89. The molecule has 0 radical (unpaired) electrons. The normalized spacial score (nSPS) is 12.1. The van der Waals surface area contributed by atoms with E-state index < -0.39 is 16.0 Å². The van der Waals surface area contributed by atoms with Gasteiger partial charge in [-0.15, -0.1) is 0 Å². The Hall–Kier alpha value is -1.40. The van der Waals surface area contributed by atoms with Gasteiger partial charge in [0.25, 0.3) is 0 Å². The molecule has 0 aliphatic heterocycles. The van der Waals surface area contributed by atoms with Gasteiger partial charge in [-0.05, 0) is 24.0 Å². The molecule has 5 nitrogen and oxygen atoms in total. The van der Waals surface area contributed by atoms with E-state index in [0.717, 1.165) is 0 Å². The molecule has 0 aromatic heterocycles. The van der Waals surface area contributed by atoms with Crippen molar-refractivity contribution in [1.82, 2.24) is 4.31 Å². The average molecular weight is 299 g/mol. The number of benzene rings is 1. The lowest BCUT2D eigenvalue weighted by atomic mass is 10.1. The molecule has 0 saturated carbocycles. The van der Waals surface area contributed by atoms with Crippen molar-refractivity contribution in [3.8, 4) is 0 Å². The topological polar surface area (TPSA) is 74.7 Å².